The maximum Gasteiger partial charge on any atom is 0.223 e. The highest BCUT2D eigenvalue weighted by Gasteiger charge is 2.17. The van der Waals surface area contributed by atoms with E-state index >= 15 is 0 Å². The summed E-state index contributed by atoms with van der Waals surface area (Å²) in [7, 11) is 0. The maximum absolute atomic E-state index is 12.8. The normalized spacial score (nSPS) is 10.4. The predicted molar refractivity (Wildman–Crippen MR) is 97.4 cm³/mol. The standard InChI is InChI=1S/C18H17Cl2FN2O2/c1-12(24)23(16-4-2-3-15(19)18(16)20)10-9-17(25)22-11-13-5-7-14(21)8-6-13/h2-8H,9-11H2,1H3,(H,22,25). The number of hydrogen-bond donors (Lipinski definition) is 1. The van der Waals surface area contributed by atoms with Gasteiger partial charge in [0.1, 0.15) is 5.82 Å². The third-order valence-corrected chi connectivity index (χ3v) is 4.38. The lowest BCUT2D eigenvalue weighted by molar-refractivity contribution is -0.121. The first-order valence-corrected chi connectivity index (χ1v) is 8.37. The molecule has 2 amide bonds. The molecule has 2 aromatic rings. The second-order valence-corrected chi connectivity index (χ2v) is 6.18. The lowest BCUT2D eigenvalue weighted by Gasteiger charge is -2.22. The molecule has 0 radical (unpaired) electrons. The molecular formula is C18H17Cl2FN2O2. The topological polar surface area (TPSA) is 49.4 Å². The summed E-state index contributed by atoms with van der Waals surface area (Å²) >= 11 is 12.1. The van der Waals surface area contributed by atoms with Gasteiger partial charge in [0, 0.05) is 26.4 Å². The van der Waals surface area contributed by atoms with Crippen molar-refractivity contribution in [3.63, 3.8) is 0 Å². The molecule has 2 rings (SSSR count). The molecule has 0 aliphatic rings. The lowest BCUT2D eigenvalue weighted by atomic mass is 10.2. The fraction of sp³-hybridized carbons (Fsp3) is 0.222. The van der Waals surface area contributed by atoms with Gasteiger partial charge in [-0.1, -0.05) is 41.4 Å². The molecule has 0 fully saturated rings. The summed E-state index contributed by atoms with van der Waals surface area (Å²) in [6.07, 6.45) is 0.101. The van der Waals surface area contributed by atoms with E-state index in [1.807, 2.05) is 0 Å². The van der Waals surface area contributed by atoms with Gasteiger partial charge in [0.05, 0.1) is 15.7 Å². The highest BCUT2D eigenvalue weighted by atomic mass is 35.5. The van der Waals surface area contributed by atoms with Crippen LogP contribution < -0.4 is 10.2 Å². The van der Waals surface area contributed by atoms with Crippen LogP contribution in [-0.2, 0) is 16.1 Å². The van der Waals surface area contributed by atoms with Crippen LogP contribution in [0.1, 0.15) is 18.9 Å². The minimum Gasteiger partial charge on any atom is -0.352 e. The summed E-state index contributed by atoms with van der Waals surface area (Å²) in [5.74, 6) is -0.796. The van der Waals surface area contributed by atoms with E-state index in [9.17, 15) is 14.0 Å². The fourth-order valence-electron chi connectivity index (χ4n) is 2.25. The summed E-state index contributed by atoms with van der Waals surface area (Å²) in [6, 6.07) is 10.9. The molecule has 0 aliphatic carbocycles. The molecule has 0 atom stereocenters. The first-order valence-electron chi connectivity index (χ1n) is 7.61. The maximum atomic E-state index is 12.8. The van der Waals surface area contributed by atoms with Gasteiger partial charge in [-0.05, 0) is 29.8 Å². The fourth-order valence-corrected chi connectivity index (χ4v) is 2.65. The summed E-state index contributed by atoms with van der Waals surface area (Å²) in [5.41, 5.74) is 1.25. The number of nitrogens with zero attached hydrogens (tertiary/aromatic N) is 1. The van der Waals surface area contributed by atoms with Gasteiger partial charge in [0.25, 0.3) is 0 Å². The molecule has 25 heavy (non-hydrogen) atoms. The van der Waals surface area contributed by atoms with E-state index in [1.54, 1.807) is 30.3 Å². The van der Waals surface area contributed by atoms with E-state index in [0.29, 0.717) is 10.7 Å². The second kappa shape index (κ2) is 8.83. The summed E-state index contributed by atoms with van der Waals surface area (Å²) in [5, 5.41) is 3.34. The van der Waals surface area contributed by atoms with Crippen LogP contribution in [0, 0.1) is 5.82 Å². The molecule has 0 aliphatic heterocycles. The zero-order chi connectivity index (χ0) is 18.4. The zero-order valence-corrected chi connectivity index (χ0v) is 15.1. The molecular weight excluding hydrogens is 366 g/mol. The smallest absolute Gasteiger partial charge is 0.223 e. The number of nitrogens with one attached hydrogen (secondary N) is 1. The van der Waals surface area contributed by atoms with E-state index in [0.717, 1.165) is 5.56 Å². The quantitative estimate of drug-likeness (QED) is 0.813. The number of carbonyl (C=O) groups is 2. The number of halogens is 3. The molecule has 0 saturated heterocycles. The van der Waals surface area contributed by atoms with Gasteiger partial charge in [0.2, 0.25) is 11.8 Å². The van der Waals surface area contributed by atoms with Gasteiger partial charge in [-0.2, -0.15) is 0 Å². The Labute approximate surface area is 155 Å². The zero-order valence-electron chi connectivity index (χ0n) is 13.6. The van der Waals surface area contributed by atoms with E-state index in [1.165, 1.54) is 24.0 Å². The van der Waals surface area contributed by atoms with Crippen LogP contribution in [-0.4, -0.2) is 18.4 Å². The Bertz CT molecular complexity index is 766. The monoisotopic (exact) mass is 382 g/mol. The molecule has 0 spiro atoms. The van der Waals surface area contributed by atoms with Crippen LogP contribution in [0.25, 0.3) is 0 Å². The summed E-state index contributed by atoms with van der Waals surface area (Å²) in [6.45, 7) is 1.86. The number of anilines is 1. The predicted octanol–water partition coefficient (Wildman–Crippen LogP) is 4.19. The Morgan fingerprint density at radius 1 is 1.12 bits per heavy atom. The van der Waals surface area contributed by atoms with Crippen LogP contribution >= 0.6 is 23.2 Å². The Hall–Kier alpha value is -2.11. The van der Waals surface area contributed by atoms with Crippen LogP contribution in [0.3, 0.4) is 0 Å². The van der Waals surface area contributed by atoms with Crippen LogP contribution in [0.5, 0.6) is 0 Å². The number of rotatable bonds is 6. The highest BCUT2D eigenvalue weighted by Crippen LogP contribution is 2.32. The first kappa shape index (κ1) is 19.2. The third kappa shape index (κ3) is 5.44. The number of amides is 2. The van der Waals surface area contributed by atoms with Crippen molar-refractivity contribution in [1.29, 1.82) is 0 Å². The van der Waals surface area contributed by atoms with Crippen molar-refractivity contribution < 1.29 is 14.0 Å². The van der Waals surface area contributed by atoms with Crippen molar-refractivity contribution in [1.82, 2.24) is 5.32 Å². The first-order chi connectivity index (χ1) is 11.9. The van der Waals surface area contributed by atoms with E-state index in [2.05, 4.69) is 5.32 Å². The van der Waals surface area contributed by atoms with Crippen LogP contribution in [0.4, 0.5) is 10.1 Å². The lowest BCUT2D eigenvalue weighted by Crippen LogP contribution is -2.34. The molecule has 4 nitrogen and oxygen atoms in total. The third-order valence-electron chi connectivity index (χ3n) is 3.57. The largest absolute Gasteiger partial charge is 0.352 e. The van der Waals surface area contributed by atoms with Crippen molar-refractivity contribution in [2.45, 2.75) is 19.9 Å². The van der Waals surface area contributed by atoms with Crippen molar-refractivity contribution in [3.8, 4) is 0 Å². The summed E-state index contributed by atoms with van der Waals surface area (Å²) in [4.78, 5) is 25.3. The molecule has 0 heterocycles. The average molecular weight is 383 g/mol. The van der Waals surface area contributed by atoms with Gasteiger partial charge >= 0.3 is 0 Å². The van der Waals surface area contributed by atoms with Crippen molar-refractivity contribution in [2.24, 2.45) is 0 Å². The van der Waals surface area contributed by atoms with E-state index in [-0.39, 0.29) is 42.2 Å². The molecule has 1 N–H and O–H groups in total. The molecule has 0 bridgehead atoms. The minimum atomic E-state index is -0.328. The summed E-state index contributed by atoms with van der Waals surface area (Å²) < 4.78 is 12.8. The van der Waals surface area contributed by atoms with Gasteiger partial charge in [-0.3, -0.25) is 9.59 Å². The highest BCUT2D eigenvalue weighted by molar-refractivity contribution is 6.44. The Morgan fingerprint density at radius 3 is 2.44 bits per heavy atom. The average Bonchev–Trinajstić information content (AvgIpc) is 2.58. The van der Waals surface area contributed by atoms with Crippen molar-refractivity contribution in [3.05, 3.63) is 63.9 Å². The number of carbonyl (C=O) groups excluding carboxylic acids is 2. The second-order valence-electron chi connectivity index (χ2n) is 5.40. The Morgan fingerprint density at radius 2 is 1.80 bits per heavy atom. The van der Waals surface area contributed by atoms with Gasteiger partial charge in [0.15, 0.2) is 0 Å². The molecule has 7 heteroatoms. The van der Waals surface area contributed by atoms with E-state index in [4.69, 9.17) is 23.2 Å². The molecule has 2 aromatic carbocycles. The van der Waals surface area contributed by atoms with Crippen LogP contribution in [0.15, 0.2) is 42.5 Å². The Balaban J connectivity index is 1.94. The van der Waals surface area contributed by atoms with Gasteiger partial charge < -0.3 is 10.2 Å². The van der Waals surface area contributed by atoms with Gasteiger partial charge in [-0.25, -0.2) is 4.39 Å². The molecule has 132 valence electrons. The minimum absolute atomic E-state index is 0.101. The number of hydrogen-bond acceptors (Lipinski definition) is 2. The van der Waals surface area contributed by atoms with Crippen molar-refractivity contribution >= 4 is 40.7 Å². The molecule has 0 aromatic heterocycles. The Kier molecular flexibility index (Phi) is 6.79. The SMILES string of the molecule is CC(=O)N(CCC(=O)NCc1ccc(F)cc1)c1cccc(Cl)c1Cl. The van der Waals surface area contributed by atoms with Crippen LogP contribution in [0.2, 0.25) is 10.0 Å². The van der Waals surface area contributed by atoms with Gasteiger partial charge in [-0.15, -0.1) is 0 Å². The van der Waals surface area contributed by atoms with Crippen molar-refractivity contribution in [2.75, 3.05) is 11.4 Å². The molecule has 0 unspecified atom stereocenters. The molecule has 0 saturated carbocycles. The number of benzene rings is 2. The van der Waals surface area contributed by atoms with E-state index < -0.39 is 0 Å².